The van der Waals surface area contributed by atoms with Crippen LogP contribution in [0, 0.1) is 6.92 Å². The van der Waals surface area contributed by atoms with E-state index in [1.54, 1.807) is 18.6 Å². The van der Waals surface area contributed by atoms with Gasteiger partial charge in [-0.25, -0.2) is 9.67 Å². The summed E-state index contributed by atoms with van der Waals surface area (Å²) in [6, 6.07) is 8.17. The van der Waals surface area contributed by atoms with Gasteiger partial charge in [-0.1, -0.05) is 23.4 Å². The molecule has 0 unspecified atom stereocenters. The summed E-state index contributed by atoms with van der Waals surface area (Å²) in [5.74, 6) is 0.975. The van der Waals surface area contributed by atoms with Gasteiger partial charge in [-0.15, -0.1) is 0 Å². The molecule has 3 aromatic heterocycles. The zero-order valence-corrected chi connectivity index (χ0v) is 15.1. The number of nitrogens with zero attached hydrogens (tertiary/aromatic N) is 7. The molecule has 0 aliphatic heterocycles. The van der Waals surface area contributed by atoms with Gasteiger partial charge >= 0.3 is 0 Å². The predicted octanol–water partition coefficient (Wildman–Crippen LogP) is 2.65. The molecule has 3 heterocycles. The first kappa shape index (κ1) is 17.0. The quantitative estimate of drug-likeness (QED) is 0.522. The van der Waals surface area contributed by atoms with Gasteiger partial charge in [-0.3, -0.25) is 9.88 Å². The number of hydrogen-bond donors (Lipinski definition) is 0. The van der Waals surface area contributed by atoms with Crippen LogP contribution in [-0.4, -0.2) is 41.8 Å². The molecule has 0 bridgehead atoms. The van der Waals surface area contributed by atoms with E-state index in [-0.39, 0.29) is 0 Å². The minimum atomic E-state index is 0.443. The molecule has 0 saturated heterocycles. The lowest BCUT2D eigenvalue weighted by atomic mass is 10.2. The molecule has 27 heavy (non-hydrogen) atoms. The van der Waals surface area contributed by atoms with Gasteiger partial charge in [0, 0.05) is 30.7 Å². The van der Waals surface area contributed by atoms with E-state index in [2.05, 4.69) is 49.2 Å². The Morgan fingerprint density at radius 3 is 2.81 bits per heavy atom. The van der Waals surface area contributed by atoms with Crippen LogP contribution in [0.15, 0.2) is 59.8 Å². The lowest BCUT2D eigenvalue weighted by Crippen LogP contribution is -2.17. The highest BCUT2D eigenvalue weighted by Gasteiger charge is 2.13. The molecule has 0 aliphatic rings. The van der Waals surface area contributed by atoms with Crippen molar-refractivity contribution in [3.63, 3.8) is 0 Å². The molecule has 0 amide bonds. The van der Waals surface area contributed by atoms with Gasteiger partial charge in [0.25, 0.3) is 0 Å². The van der Waals surface area contributed by atoms with Crippen molar-refractivity contribution < 1.29 is 4.52 Å². The molecular weight excluding hydrogens is 342 g/mol. The summed E-state index contributed by atoms with van der Waals surface area (Å²) in [5, 5.41) is 8.44. The lowest BCUT2D eigenvalue weighted by molar-refractivity contribution is 0.261. The number of para-hydroxylation sites is 1. The fraction of sp³-hybridized carbons (Fsp3) is 0.211. The van der Waals surface area contributed by atoms with Gasteiger partial charge in [0.05, 0.1) is 24.6 Å². The predicted molar refractivity (Wildman–Crippen MR) is 98.8 cm³/mol. The van der Waals surface area contributed by atoms with Crippen LogP contribution in [0.1, 0.15) is 17.0 Å². The molecular formula is C19H19N7O. The number of aryl methyl sites for hydroxylation is 1. The number of aromatic nitrogens is 6. The van der Waals surface area contributed by atoms with E-state index in [0.29, 0.717) is 24.0 Å². The molecule has 8 heteroatoms. The van der Waals surface area contributed by atoms with Crippen LogP contribution in [-0.2, 0) is 13.1 Å². The molecule has 0 fully saturated rings. The van der Waals surface area contributed by atoms with Crippen LogP contribution in [0.2, 0.25) is 0 Å². The van der Waals surface area contributed by atoms with E-state index in [9.17, 15) is 0 Å². The first-order valence-electron chi connectivity index (χ1n) is 8.56. The van der Waals surface area contributed by atoms with E-state index in [4.69, 9.17) is 4.52 Å². The van der Waals surface area contributed by atoms with Crippen LogP contribution < -0.4 is 0 Å². The SMILES string of the molecule is Cc1ccccc1-n1cc(CN(C)Cc2nc(-c3cnccn3)no2)cn1. The third-order valence-electron chi connectivity index (χ3n) is 4.12. The number of rotatable bonds is 6. The molecule has 4 aromatic rings. The summed E-state index contributed by atoms with van der Waals surface area (Å²) in [4.78, 5) is 14.7. The summed E-state index contributed by atoms with van der Waals surface area (Å²) in [7, 11) is 2.00. The van der Waals surface area contributed by atoms with Crippen molar-refractivity contribution in [2.75, 3.05) is 7.05 Å². The number of hydrogen-bond acceptors (Lipinski definition) is 7. The Morgan fingerprint density at radius 1 is 1.11 bits per heavy atom. The van der Waals surface area contributed by atoms with Crippen LogP contribution in [0.5, 0.6) is 0 Å². The summed E-state index contributed by atoms with van der Waals surface area (Å²) in [5.41, 5.74) is 3.96. The Bertz CT molecular complexity index is 1030. The monoisotopic (exact) mass is 361 g/mol. The molecule has 136 valence electrons. The summed E-state index contributed by atoms with van der Waals surface area (Å²) in [6.45, 7) is 3.32. The normalized spacial score (nSPS) is 11.2. The van der Waals surface area contributed by atoms with Crippen LogP contribution in [0.25, 0.3) is 17.2 Å². The van der Waals surface area contributed by atoms with Gasteiger partial charge in [0.2, 0.25) is 11.7 Å². The van der Waals surface area contributed by atoms with Crippen LogP contribution >= 0.6 is 0 Å². The third kappa shape index (κ3) is 3.90. The first-order valence-corrected chi connectivity index (χ1v) is 8.56. The minimum Gasteiger partial charge on any atom is -0.337 e. The Hall–Kier alpha value is -3.39. The van der Waals surface area contributed by atoms with Gasteiger partial charge in [0.1, 0.15) is 5.69 Å². The Labute approximate surface area is 156 Å². The van der Waals surface area contributed by atoms with E-state index < -0.39 is 0 Å². The zero-order chi connectivity index (χ0) is 18.6. The van der Waals surface area contributed by atoms with Crippen molar-refractivity contribution in [1.29, 1.82) is 0 Å². The summed E-state index contributed by atoms with van der Waals surface area (Å²) >= 11 is 0. The van der Waals surface area contributed by atoms with E-state index in [0.717, 1.165) is 17.8 Å². The Balaban J connectivity index is 1.41. The number of benzene rings is 1. The Kier molecular flexibility index (Phi) is 4.71. The smallest absolute Gasteiger partial charge is 0.241 e. The summed E-state index contributed by atoms with van der Waals surface area (Å²) < 4.78 is 7.23. The van der Waals surface area contributed by atoms with Crippen LogP contribution in [0.3, 0.4) is 0 Å². The largest absolute Gasteiger partial charge is 0.337 e. The molecule has 0 saturated carbocycles. The van der Waals surface area contributed by atoms with E-state index in [1.165, 1.54) is 5.56 Å². The molecule has 0 aliphatic carbocycles. The topological polar surface area (TPSA) is 85.8 Å². The molecule has 0 spiro atoms. The highest BCUT2D eigenvalue weighted by molar-refractivity contribution is 5.45. The zero-order valence-electron chi connectivity index (χ0n) is 15.1. The third-order valence-corrected chi connectivity index (χ3v) is 4.12. The second-order valence-electron chi connectivity index (χ2n) is 6.35. The van der Waals surface area contributed by atoms with Crippen molar-refractivity contribution in [3.05, 3.63) is 72.3 Å². The first-order chi connectivity index (χ1) is 13.2. The van der Waals surface area contributed by atoms with E-state index >= 15 is 0 Å². The second kappa shape index (κ2) is 7.46. The summed E-state index contributed by atoms with van der Waals surface area (Å²) in [6.07, 6.45) is 8.73. The molecule has 8 nitrogen and oxygen atoms in total. The maximum Gasteiger partial charge on any atom is 0.241 e. The highest BCUT2D eigenvalue weighted by Crippen LogP contribution is 2.15. The highest BCUT2D eigenvalue weighted by atomic mass is 16.5. The van der Waals surface area contributed by atoms with Crippen molar-refractivity contribution in [2.45, 2.75) is 20.0 Å². The van der Waals surface area contributed by atoms with Crippen LogP contribution in [0.4, 0.5) is 0 Å². The molecule has 4 rings (SSSR count). The average molecular weight is 361 g/mol. The fourth-order valence-electron chi connectivity index (χ4n) is 2.83. The van der Waals surface area contributed by atoms with Gasteiger partial charge in [-0.05, 0) is 25.6 Å². The molecule has 0 atom stereocenters. The standard InChI is InChI=1S/C19H19N7O/c1-14-5-3-4-6-17(14)26-12-15(9-22-26)11-25(2)13-18-23-19(24-27-18)16-10-20-7-8-21-16/h3-10,12H,11,13H2,1-2H3. The van der Waals surface area contributed by atoms with Crippen molar-refractivity contribution in [3.8, 4) is 17.2 Å². The molecule has 1 aromatic carbocycles. The molecule has 0 radical (unpaired) electrons. The lowest BCUT2D eigenvalue weighted by Gasteiger charge is -2.12. The maximum absolute atomic E-state index is 5.33. The van der Waals surface area contributed by atoms with E-state index in [1.807, 2.05) is 36.3 Å². The Morgan fingerprint density at radius 2 is 2.00 bits per heavy atom. The average Bonchev–Trinajstić information content (AvgIpc) is 3.33. The van der Waals surface area contributed by atoms with Crippen molar-refractivity contribution >= 4 is 0 Å². The van der Waals surface area contributed by atoms with Crippen molar-refractivity contribution in [2.24, 2.45) is 0 Å². The molecule has 0 N–H and O–H groups in total. The minimum absolute atomic E-state index is 0.443. The fourth-order valence-corrected chi connectivity index (χ4v) is 2.83. The van der Waals surface area contributed by atoms with Gasteiger partial charge in [-0.2, -0.15) is 10.1 Å². The van der Waals surface area contributed by atoms with Crippen molar-refractivity contribution in [1.82, 2.24) is 34.8 Å². The van der Waals surface area contributed by atoms with Gasteiger partial charge in [0.15, 0.2) is 0 Å². The second-order valence-corrected chi connectivity index (χ2v) is 6.35. The maximum atomic E-state index is 5.33. The van der Waals surface area contributed by atoms with Gasteiger partial charge < -0.3 is 4.52 Å².